The van der Waals surface area contributed by atoms with Crippen LogP contribution in [0.5, 0.6) is 0 Å². The fraction of sp³-hybridized carbons (Fsp3) is 0.0625. The summed E-state index contributed by atoms with van der Waals surface area (Å²) in [5.74, 6) is 0. The van der Waals surface area contributed by atoms with E-state index < -0.39 is 0 Å². The Kier molecular flexibility index (Phi) is 3.70. The van der Waals surface area contributed by atoms with Crippen molar-refractivity contribution in [1.82, 2.24) is 9.97 Å². The van der Waals surface area contributed by atoms with Crippen molar-refractivity contribution in [3.8, 4) is 11.1 Å². The van der Waals surface area contributed by atoms with Crippen LogP contribution >= 0.6 is 11.6 Å². The summed E-state index contributed by atoms with van der Waals surface area (Å²) in [6.07, 6.45) is 5.61. The molecule has 2 aromatic heterocycles. The summed E-state index contributed by atoms with van der Waals surface area (Å²) in [7, 11) is 0. The lowest BCUT2D eigenvalue weighted by molar-refractivity contribution is 1.07. The average molecular weight is 284 g/mol. The Bertz CT molecular complexity index is 674. The Morgan fingerprint density at radius 2 is 1.75 bits per heavy atom. The van der Waals surface area contributed by atoms with E-state index in [-0.39, 0.29) is 0 Å². The van der Waals surface area contributed by atoms with Gasteiger partial charge in [-0.2, -0.15) is 0 Å². The molecule has 1 aromatic carbocycles. The molecule has 0 aliphatic rings. The Morgan fingerprint density at radius 3 is 2.50 bits per heavy atom. The molecule has 100 valence electrons. The molecule has 0 saturated carbocycles. The normalized spacial score (nSPS) is 10.4. The minimum Gasteiger partial charge on any atom is -0.379 e. The van der Waals surface area contributed by atoms with Crippen LogP contribution in [0.3, 0.4) is 0 Å². The molecule has 0 saturated heterocycles. The van der Waals surface area contributed by atoms with Crippen molar-refractivity contribution >= 4 is 17.3 Å². The van der Waals surface area contributed by atoms with Gasteiger partial charge in [0, 0.05) is 35.0 Å². The van der Waals surface area contributed by atoms with Crippen molar-refractivity contribution in [1.29, 1.82) is 0 Å². The maximum absolute atomic E-state index is 5.86. The first-order valence-corrected chi connectivity index (χ1v) is 6.76. The van der Waals surface area contributed by atoms with Crippen LogP contribution in [0, 0.1) is 0 Å². The zero-order valence-corrected chi connectivity index (χ0v) is 11.6. The summed E-state index contributed by atoms with van der Waals surface area (Å²) in [6.45, 7) is 0.743. The van der Waals surface area contributed by atoms with Crippen molar-refractivity contribution in [3.05, 3.63) is 71.8 Å². The van der Waals surface area contributed by atoms with E-state index in [0.29, 0.717) is 0 Å². The average Bonchev–Trinajstić information content (AvgIpc) is 2.97. The van der Waals surface area contributed by atoms with E-state index in [2.05, 4.69) is 21.4 Å². The molecule has 0 aliphatic heterocycles. The number of pyridine rings is 1. The monoisotopic (exact) mass is 283 g/mol. The standard InChI is InChI=1S/C16H14ClN3/c17-14-1-3-15(4-2-14)20-11-16-9-13(10-19-16)12-5-7-18-8-6-12/h1-10,19-20H,11H2. The van der Waals surface area contributed by atoms with E-state index in [4.69, 9.17) is 11.6 Å². The number of hydrogen-bond donors (Lipinski definition) is 2. The first kappa shape index (κ1) is 12.8. The second-order valence-electron chi connectivity index (χ2n) is 4.51. The van der Waals surface area contributed by atoms with Crippen LogP contribution < -0.4 is 5.32 Å². The summed E-state index contributed by atoms with van der Waals surface area (Å²) in [5, 5.41) is 4.10. The maximum Gasteiger partial charge on any atom is 0.0551 e. The highest BCUT2D eigenvalue weighted by atomic mass is 35.5. The van der Waals surface area contributed by atoms with E-state index in [0.717, 1.165) is 28.5 Å². The molecule has 3 aromatic rings. The second kappa shape index (κ2) is 5.80. The molecule has 0 bridgehead atoms. The molecule has 2 heterocycles. The molecule has 4 heteroatoms. The Morgan fingerprint density at radius 1 is 1.00 bits per heavy atom. The van der Waals surface area contributed by atoms with Crippen LogP contribution in [0.2, 0.25) is 5.02 Å². The van der Waals surface area contributed by atoms with Gasteiger partial charge in [-0.25, -0.2) is 0 Å². The van der Waals surface area contributed by atoms with Gasteiger partial charge in [-0.3, -0.25) is 4.98 Å². The Balaban J connectivity index is 1.67. The number of anilines is 1. The van der Waals surface area contributed by atoms with Crippen molar-refractivity contribution in [2.24, 2.45) is 0 Å². The van der Waals surface area contributed by atoms with Gasteiger partial charge in [-0.15, -0.1) is 0 Å². The number of aromatic amines is 1. The third-order valence-corrected chi connectivity index (χ3v) is 3.34. The highest BCUT2D eigenvalue weighted by molar-refractivity contribution is 6.30. The number of rotatable bonds is 4. The summed E-state index contributed by atoms with van der Waals surface area (Å²) in [6, 6.07) is 13.8. The molecular weight excluding hydrogens is 270 g/mol. The Hall–Kier alpha value is -2.26. The first-order chi connectivity index (χ1) is 9.81. The minimum atomic E-state index is 0.743. The molecule has 0 atom stereocenters. The summed E-state index contributed by atoms with van der Waals surface area (Å²) < 4.78 is 0. The molecule has 0 spiro atoms. The quantitative estimate of drug-likeness (QED) is 0.748. The predicted molar refractivity (Wildman–Crippen MR) is 82.8 cm³/mol. The summed E-state index contributed by atoms with van der Waals surface area (Å²) in [4.78, 5) is 7.30. The van der Waals surface area contributed by atoms with Gasteiger partial charge in [0.05, 0.1) is 6.54 Å². The Labute approximate surface area is 122 Å². The van der Waals surface area contributed by atoms with Crippen molar-refractivity contribution in [3.63, 3.8) is 0 Å². The van der Waals surface area contributed by atoms with Crippen LogP contribution in [0.1, 0.15) is 5.69 Å². The number of halogens is 1. The van der Waals surface area contributed by atoms with Crippen LogP contribution in [0.4, 0.5) is 5.69 Å². The topological polar surface area (TPSA) is 40.7 Å². The van der Waals surface area contributed by atoms with Gasteiger partial charge in [-0.1, -0.05) is 11.6 Å². The van der Waals surface area contributed by atoms with Crippen molar-refractivity contribution in [2.45, 2.75) is 6.54 Å². The molecule has 2 N–H and O–H groups in total. The van der Waals surface area contributed by atoms with Gasteiger partial charge >= 0.3 is 0 Å². The number of hydrogen-bond acceptors (Lipinski definition) is 2. The molecule has 3 nitrogen and oxygen atoms in total. The number of nitrogens with zero attached hydrogens (tertiary/aromatic N) is 1. The lowest BCUT2D eigenvalue weighted by Crippen LogP contribution is -1.98. The number of H-pyrrole nitrogens is 1. The van der Waals surface area contributed by atoms with E-state index in [9.17, 15) is 0 Å². The molecule has 0 fully saturated rings. The van der Waals surface area contributed by atoms with Gasteiger partial charge in [0.25, 0.3) is 0 Å². The molecule has 0 unspecified atom stereocenters. The fourth-order valence-corrected chi connectivity index (χ4v) is 2.15. The second-order valence-corrected chi connectivity index (χ2v) is 4.95. The zero-order chi connectivity index (χ0) is 13.8. The number of aromatic nitrogens is 2. The zero-order valence-electron chi connectivity index (χ0n) is 10.8. The highest BCUT2D eigenvalue weighted by Crippen LogP contribution is 2.20. The number of nitrogens with one attached hydrogen (secondary N) is 2. The smallest absolute Gasteiger partial charge is 0.0551 e. The van der Waals surface area contributed by atoms with E-state index in [1.165, 1.54) is 5.56 Å². The van der Waals surface area contributed by atoms with Crippen LogP contribution in [-0.4, -0.2) is 9.97 Å². The van der Waals surface area contributed by atoms with Gasteiger partial charge in [0.15, 0.2) is 0 Å². The van der Waals surface area contributed by atoms with Gasteiger partial charge in [-0.05, 0) is 53.6 Å². The van der Waals surface area contributed by atoms with Crippen LogP contribution in [-0.2, 0) is 6.54 Å². The minimum absolute atomic E-state index is 0.743. The maximum atomic E-state index is 5.86. The lowest BCUT2D eigenvalue weighted by Gasteiger charge is -2.04. The van der Waals surface area contributed by atoms with Crippen LogP contribution in [0.15, 0.2) is 61.1 Å². The molecule has 0 radical (unpaired) electrons. The third kappa shape index (κ3) is 3.00. The largest absolute Gasteiger partial charge is 0.379 e. The van der Waals surface area contributed by atoms with Crippen LogP contribution in [0.25, 0.3) is 11.1 Å². The third-order valence-electron chi connectivity index (χ3n) is 3.08. The lowest BCUT2D eigenvalue weighted by atomic mass is 10.1. The highest BCUT2D eigenvalue weighted by Gasteiger charge is 2.01. The van der Waals surface area contributed by atoms with Crippen molar-refractivity contribution < 1.29 is 0 Å². The molecule has 0 amide bonds. The summed E-state index contributed by atoms with van der Waals surface area (Å²) >= 11 is 5.86. The molecule has 0 aliphatic carbocycles. The van der Waals surface area contributed by atoms with Crippen molar-refractivity contribution in [2.75, 3.05) is 5.32 Å². The molecule has 3 rings (SSSR count). The predicted octanol–water partition coefficient (Wildman–Crippen LogP) is 4.34. The van der Waals surface area contributed by atoms with E-state index in [1.54, 1.807) is 12.4 Å². The molecular formula is C16H14ClN3. The van der Waals surface area contributed by atoms with Gasteiger partial charge in [0.1, 0.15) is 0 Å². The van der Waals surface area contributed by atoms with Gasteiger partial charge < -0.3 is 10.3 Å². The van der Waals surface area contributed by atoms with E-state index >= 15 is 0 Å². The molecule has 20 heavy (non-hydrogen) atoms. The SMILES string of the molecule is Clc1ccc(NCc2cc(-c3ccncc3)c[nH]2)cc1. The first-order valence-electron chi connectivity index (χ1n) is 6.38. The summed E-state index contributed by atoms with van der Waals surface area (Å²) in [5.41, 5.74) is 4.51. The van der Waals surface area contributed by atoms with Gasteiger partial charge in [0.2, 0.25) is 0 Å². The van der Waals surface area contributed by atoms with E-state index in [1.807, 2.05) is 42.6 Å². The fourth-order valence-electron chi connectivity index (χ4n) is 2.02. The number of benzene rings is 1.